The Morgan fingerprint density at radius 3 is 2.54 bits per heavy atom. The van der Waals surface area contributed by atoms with Gasteiger partial charge in [0.15, 0.2) is 0 Å². The van der Waals surface area contributed by atoms with E-state index in [0.717, 1.165) is 0 Å². The minimum Gasteiger partial charge on any atom is -0.455 e. The Hall–Kier alpha value is -3.92. The van der Waals surface area contributed by atoms with Crippen LogP contribution in [0.3, 0.4) is 0 Å². The molecular formula is C19H12N2O5. The summed E-state index contributed by atoms with van der Waals surface area (Å²) in [6.07, 6.45) is 0. The second-order valence-electron chi connectivity index (χ2n) is 5.31. The van der Waals surface area contributed by atoms with Gasteiger partial charge in [0.2, 0.25) is 5.76 Å². The van der Waals surface area contributed by atoms with Crippen LogP contribution in [0, 0.1) is 21.4 Å². The first-order valence-corrected chi connectivity index (χ1v) is 7.58. The smallest absolute Gasteiger partial charge is 0.374 e. The topological polar surface area (TPSA) is 106 Å². The Labute approximate surface area is 148 Å². The first-order chi connectivity index (χ1) is 12.6. The number of carbonyl (C=O) groups is 1. The number of rotatable bonds is 5. The number of nitrogens with zero attached hydrogens (tertiary/aromatic N) is 2. The number of hydrogen-bond acceptors (Lipinski definition) is 6. The van der Waals surface area contributed by atoms with Gasteiger partial charge < -0.3 is 9.15 Å². The SMILES string of the molecule is N#Cc1ccccc1COC(=O)c1ccc(-c2ccc([N+](=O)[O-])cc2)o1. The molecule has 7 heteroatoms. The van der Waals surface area contributed by atoms with Crippen LogP contribution in [0.1, 0.15) is 21.7 Å². The molecule has 2 aromatic carbocycles. The molecule has 0 atom stereocenters. The van der Waals surface area contributed by atoms with Gasteiger partial charge in [0, 0.05) is 23.3 Å². The highest BCUT2D eigenvalue weighted by atomic mass is 16.6. The molecule has 0 amide bonds. The van der Waals surface area contributed by atoms with E-state index in [2.05, 4.69) is 0 Å². The van der Waals surface area contributed by atoms with E-state index >= 15 is 0 Å². The zero-order valence-corrected chi connectivity index (χ0v) is 13.4. The fraction of sp³-hybridized carbons (Fsp3) is 0.0526. The van der Waals surface area contributed by atoms with E-state index in [9.17, 15) is 14.9 Å². The number of non-ortho nitro benzene ring substituents is 1. The number of furan rings is 1. The largest absolute Gasteiger partial charge is 0.455 e. The van der Waals surface area contributed by atoms with Crippen molar-refractivity contribution in [2.24, 2.45) is 0 Å². The van der Waals surface area contributed by atoms with E-state index < -0.39 is 10.9 Å². The van der Waals surface area contributed by atoms with Gasteiger partial charge in [0.1, 0.15) is 12.4 Å². The monoisotopic (exact) mass is 348 g/mol. The Kier molecular flexibility index (Phi) is 4.76. The summed E-state index contributed by atoms with van der Waals surface area (Å²) in [5.74, 6) is -0.261. The minimum atomic E-state index is -0.661. The Morgan fingerprint density at radius 1 is 1.12 bits per heavy atom. The number of benzene rings is 2. The first-order valence-electron chi connectivity index (χ1n) is 7.58. The van der Waals surface area contributed by atoms with Crippen molar-refractivity contribution in [3.8, 4) is 17.4 Å². The van der Waals surface area contributed by atoms with Crippen LogP contribution >= 0.6 is 0 Å². The lowest BCUT2D eigenvalue weighted by Crippen LogP contribution is -2.05. The Balaban J connectivity index is 1.70. The van der Waals surface area contributed by atoms with Crippen LogP contribution in [-0.4, -0.2) is 10.9 Å². The molecule has 0 bridgehead atoms. The molecule has 0 fully saturated rings. The molecule has 0 aliphatic heterocycles. The number of ether oxygens (including phenoxy) is 1. The Bertz CT molecular complexity index is 999. The van der Waals surface area contributed by atoms with Crippen molar-refractivity contribution in [3.05, 3.63) is 87.7 Å². The molecule has 3 rings (SSSR count). The lowest BCUT2D eigenvalue weighted by molar-refractivity contribution is -0.384. The molecule has 128 valence electrons. The van der Waals surface area contributed by atoms with Crippen molar-refractivity contribution in [2.45, 2.75) is 6.61 Å². The quantitative estimate of drug-likeness (QED) is 0.390. The van der Waals surface area contributed by atoms with Crippen LogP contribution in [0.25, 0.3) is 11.3 Å². The van der Waals surface area contributed by atoms with Gasteiger partial charge in [-0.15, -0.1) is 0 Å². The van der Waals surface area contributed by atoms with Gasteiger partial charge in [0.25, 0.3) is 5.69 Å². The van der Waals surface area contributed by atoms with Crippen LogP contribution in [-0.2, 0) is 11.3 Å². The third kappa shape index (κ3) is 3.60. The van der Waals surface area contributed by atoms with Gasteiger partial charge in [-0.25, -0.2) is 4.79 Å². The molecule has 0 spiro atoms. The molecule has 0 aliphatic rings. The molecule has 7 nitrogen and oxygen atoms in total. The van der Waals surface area contributed by atoms with Crippen LogP contribution in [0.15, 0.2) is 65.1 Å². The normalized spacial score (nSPS) is 10.1. The molecule has 0 radical (unpaired) electrons. The van der Waals surface area contributed by atoms with Gasteiger partial charge in [-0.05, 0) is 30.3 Å². The van der Waals surface area contributed by atoms with Gasteiger partial charge in [-0.2, -0.15) is 5.26 Å². The number of nitro groups is 1. The van der Waals surface area contributed by atoms with Crippen molar-refractivity contribution in [1.29, 1.82) is 5.26 Å². The summed E-state index contributed by atoms with van der Waals surface area (Å²) in [7, 11) is 0. The van der Waals surface area contributed by atoms with Gasteiger partial charge in [-0.1, -0.05) is 18.2 Å². The zero-order chi connectivity index (χ0) is 18.5. The predicted octanol–water partition coefficient (Wildman–Crippen LogP) is 4.08. The molecule has 0 unspecified atom stereocenters. The average Bonchev–Trinajstić information content (AvgIpc) is 3.16. The van der Waals surface area contributed by atoms with E-state index in [1.165, 1.54) is 30.3 Å². The predicted molar refractivity (Wildman–Crippen MR) is 91.1 cm³/mol. The first kappa shape index (κ1) is 16.9. The van der Waals surface area contributed by atoms with Crippen LogP contribution < -0.4 is 0 Å². The second-order valence-corrected chi connectivity index (χ2v) is 5.31. The molecule has 26 heavy (non-hydrogen) atoms. The summed E-state index contributed by atoms with van der Waals surface area (Å²) in [6, 6.07) is 17.7. The highest BCUT2D eigenvalue weighted by Crippen LogP contribution is 2.25. The number of nitriles is 1. The summed E-state index contributed by atoms with van der Waals surface area (Å²) in [5, 5.41) is 19.7. The lowest BCUT2D eigenvalue weighted by atomic mass is 10.1. The fourth-order valence-electron chi connectivity index (χ4n) is 2.32. The highest BCUT2D eigenvalue weighted by molar-refractivity contribution is 5.87. The number of hydrogen-bond donors (Lipinski definition) is 0. The molecular weight excluding hydrogens is 336 g/mol. The van der Waals surface area contributed by atoms with E-state index in [4.69, 9.17) is 14.4 Å². The molecule has 0 saturated carbocycles. The zero-order valence-electron chi connectivity index (χ0n) is 13.4. The number of esters is 1. The van der Waals surface area contributed by atoms with E-state index in [0.29, 0.717) is 22.5 Å². The van der Waals surface area contributed by atoms with E-state index in [1.54, 1.807) is 30.3 Å². The summed E-state index contributed by atoms with van der Waals surface area (Å²) < 4.78 is 10.7. The molecule has 0 N–H and O–H groups in total. The van der Waals surface area contributed by atoms with E-state index in [-0.39, 0.29) is 18.1 Å². The minimum absolute atomic E-state index is 0.00721. The maximum Gasteiger partial charge on any atom is 0.374 e. The Morgan fingerprint density at radius 2 is 1.85 bits per heavy atom. The standard InChI is InChI=1S/C19H12N2O5/c20-11-14-3-1-2-4-15(14)12-25-19(22)18-10-9-17(26-18)13-5-7-16(8-6-13)21(23)24/h1-10H,12H2. The third-order valence-corrected chi connectivity index (χ3v) is 3.67. The molecule has 1 heterocycles. The lowest BCUT2D eigenvalue weighted by Gasteiger charge is -2.04. The summed E-state index contributed by atoms with van der Waals surface area (Å²) >= 11 is 0. The van der Waals surface area contributed by atoms with Crippen LogP contribution in [0.2, 0.25) is 0 Å². The maximum absolute atomic E-state index is 12.1. The third-order valence-electron chi connectivity index (χ3n) is 3.67. The fourth-order valence-corrected chi connectivity index (χ4v) is 2.32. The highest BCUT2D eigenvalue weighted by Gasteiger charge is 2.15. The molecule has 3 aromatic rings. The van der Waals surface area contributed by atoms with Crippen LogP contribution in [0.5, 0.6) is 0 Å². The summed E-state index contributed by atoms with van der Waals surface area (Å²) in [4.78, 5) is 22.3. The van der Waals surface area contributed by atoms with Crippen molar-refractivity contribution in [2.75, 3.05) is 0 Å². The molecule has 0 saturated heterocycles. The summed E-state index contributed by atoms with van der Waals surface area (Å²) in [6.45, 7) is -0.0455. The average molecular weight is 348 g/mol. The second kappa shape index (κ2) is 7.32. The molecule has 0 aliphatic carbocycles. The van der Waals surface area contributed by atoms with Gasteiger partial charge in [0.05, 0.1) is 16.6 Å². The number of carbonyl (C=O) groups excluding carboxylic acids is 1. The van der Waals surface area contributed by atoms with Gasteiger partial charge >= 0.3 is 5.97 Å². The van der Waals surface area contributed by atoms with Crippen molar-refractivity contribution in [3.63, 3.8) is 0 Å². The van der Waals surface area contributed by atoms with Crippen molar-refractivity contribution in [1.82, 2.24) is 0 Å². The van der Waals surface area contributed by atoms with Crippen molar-refractivity contribution >= 4 is 11.7 Å². The van der Waals surface area contributed by atoms with Crippen molar-refractivity contribution < 1.29 is 18.9 Å². The molecule has 1 aromatic heterocycles. The van der Waals surface area contributed by atoms with E-state index in [1.807, 2.05) is 6.07 Å². The summed E-state index contributed by atoms with van der Waals surface area (Å²) in [5.41, 5.74) is 1.61. The van der Waals surface area contributed by atoms with Gasteiger partial charge in [-0.3, -0.25) is 10.1 Å². The number of nitro benzene ring substituents is 1. The maximum atomic E-state index is 12.1. The van der Waals surface area contributed by atoms with Crippen LogP contribution in [0.4, 0.5) is 5.69 Å².